The SMILES string of the molecule is C[C@@]1(c2cc(-c3cc(-c4ncc(OCCO)cn4)no3)ccc2F)C[C@@H](C(F)(F)F)OC(N)=N1. The lowest BCUT2D eigenvalue weighted by Gasteiger charge is -2.36. The maximum atomic E-state index is 14.7. The molecule has 1 aliphatic rings. The molecule has 9 nitrogen and oxygen atoms in total. The summed E-state index contributed by atoms with van der Waals surface area (Å²) in [4.78, 5) is 12.2. The van der Waals surface area contributed by atoms with Crippen molar-refractivity contribution < 1.29 is 36.7 Å². The summed E-state index contributed by atoms with van der Waals surface area (Å²) >= 11 is 0. The Balaban J connectivity index is 1.63. The zero-order chi connectivity index (χ0) is 24.5. The highest BCUT2D eigenvalue weighted by atomic mass is 19.4. The monoisotopic (exact) mass is 481 g/mol. The second-order valence-electron chi connectivity index (χ2n) is 7.66. The molecule has 180 valence electrons. The minimum atomic E-state index is -4.70. The number of aliphatic imine (C=N–C) groups is 1. The van der Waals surface area contributed by atoms with Crippen molar-refractivity contribution in [2.45, 2.75) is 31.2 Å². The quantitative estimate of drug-likeness (QED) is 0.514. The maximum absolute atomic E-state index is 14.7. The second kappa shape index (κ2) is 8.89. The first kappa shape index (κ1) is 23.4. The fraction of sp³-hybridized carbons (Fsp3) is 0.333. The van der Waals surface area contributed by atoms with Crippen LogP contribution in [0.4, 0.5) is 17.6 Å². The summed E-state index contributed by atoms with van der Waals surface area (Å²) in [6.45, 7) is 1.28. The average molecular weight is 481 g/mol. The van der Waals surface area contributed by atoms with Crippen LogP contribution in [0.2, 0.25) is 0 Å². The predicted octanol–water partition coefficient (Wildman–Crippen LogP) is 3.19. The number of nitrogens with zero attached hydrogens (tertiary/aromatic N) is 4. The molecule has 13 heteroatoms. The largest absolute Gasteiger partial charge is 0.488 e. The number of nitrogens with two attached hydrogens (primary N) is 1. The fourth-order valence-electron chi connectivity index (χ4n) is 3.51. The lowest BCUT2D eigenvalue weighted by Crippen LogP contribution is -2.46. The molecular formula is C21H19F4N5O4. The molecule has 0 amide bonds. The van der Waals surface area contributed by atoms with E-state index in [1.807, 2.05) is 0 Å². The summed E-state index contributed by atoms with van der Waals surface area (Å²) in [7, 11) is 0. The van der Waals surface area contributed by atoms with E-state index in [0.29, 0.717) is 11.3 Å². The van der Waals surface area contributed by atoms with E-state index in [9.17, 15) is 17.6 Å². The lowest BCUT2D eigenvalue weighted by molar-refractivity contribution is -0.208. The van der Waals surface area contributed by atoms with Gasteiger partial charge in [0.05, 0.1) is 24.5 Å². The van der Waals surface area contributed by atoms with Gasteiger partial charge in [0.1, 0.15) is 12.4 Å². The third kappa shape index (κ3) is 4.78. The van der Waals surface area contributed by atoms with E-state index in [1.54, 1.807) is 0 Å². The van der Waals surface area contributed by atoms with Crippen LogP contribution in [-0.4, -0.2) is 51.7 Å². The van der Waals surface area contributed by atoms with Crippen LogP contribution in [-0.2, 0) is 10.3 Å². The van der Waals surface area contributed by atoms with Crippen molar-refractivity contribution in [1.29, 1.82) is 0 Å². The number of aliphatic hydroxyl groups is 1. The fourth-order valence-corrected chi connectivity index (χ4v) is 3.51. The summed E-state index contributed by atoms with van der Waals surface area (Å²) in [5, 5.41) is 12.7. The van der Waals surface area contributed by atoms with Crippen LogP contribution in [0.15, 0.2) is 46.2 Å². The van der Waals surface area contributed by atoms with Crippen LogP contribution in [0, 0.1) is 5.82 Å². The molecule has 3 N–H and O–H groups in total. The Morgan fingerprint density at radius 3 is 2.65 bits per heavy atom. The summed E-state index contributed by atoms with van der Waals surface area (Å²) in [5.74, 6) is 0.0226. The van der Waals surface area contributed by atoms with Crippen LogP contribution >= 0.6 is 0 Å². The zero-order valence-electron chi connectivity index (χ0n) is 17.7. The number of benzene rings is 1. The first-order valence-corrected chi connectivity index (χ1v) is 10.0. The van der Waals surface area contributed by atoms with Crippen molar-refractivity contribution in [2.75, 3.05) is 13.2 Å². The first-order chi connectivity index (χ1) is 16.1. The van der Waals surface area contributed by atoms with Crippen LogP contribution in [0.1, 0.15) is 18.9 Å². The molecule has 4 rings (SSSR count). The van der Waals surface area contributed by atoms with E-state index in [-0.39, 0.29) is 36.1 Å². The molecule has 0 radical (unpaired) electrons. The summed E-state index contributed by atoms with van der Waals surface area (Å²) in [6.07, 6.45) is -4.79. The molecule has 0 bridgehead atoms. The number of halogens is 4. The van der Waals surface area contributed by atoms with Gasteiger partial charge in [0.25, 0.3) is 6.02 Å². The number of amidine groups is 1. The van der Waals surface area contributed by atoms with Crippen LogP contribution in [0.25, 0.3) is 22.8 Å². The number of ether oxygens (including phenoxy) is 2. The van der Waals surface area contributed by atoms with Gasteiger partial charge < -0.3 is 24.8 Å². The van der Waals surface area contributed by atoms with Crippen molar-refractivity contribution in [1.82, 2.24) is 15.1 Å². The van der Waals surface area contributed by atoms with Gasteiger partial charge in [0.2, 0.25) is 0 Å². The number of aromatic nitrogens is 3. The molecule has 0 unspecified atom stereocenters. The van der Waals surface area contributed by atoms with Crippen molar-refractivity contribution >= 4 is 6.02 Å². The molecule has 1 aromatic carbocycles. The average Bonchev–Trinajstić information content (AvgIpc) is 3.27. The van der Waals surface area contributed by atoms with Gasteiger partial charge in [-0.15, -0.1) is 0 Å². The molecule has 3 heterocycles. The Labute approximate surface area is 190 Å². The highest BCUT2D eigenvalue weighted by Crippen LogP contribution is 2.41. The number of hydrogen-bond acceptors (Lipinski definition) is 9. The summed E-state index contributed by atoms with van der Waals surface area (Å²) in [5.41, 5.74) is 4.37. The molecular weight excluding hydrogens is 462 g/mol. The van der Waals surface area contributed by atoms with E-state index in [0.717, 1.165) is 6.07 Å². The Morgan fingerprint density at radius 1 is 1.24 bits per heavy atom. The molecule has 1 aliphatic heterocycles. The van der Waals surface area contributed by atoms with E-state index in [2.05, 4.69) is 24.9 Å². The molecule has 0 fully saturated rings. The molecule has 34 heavy (non-hydrogen) atoms. The minimum absolute atomic E-state index is 0.0914. The van der Waals surface area contributed by atoms with E-state index in [4.69, 9.17) is 20.1 Å². The molecule has 0 saturated carbocycles. The highest BCUT2D eigenvalue weighted by Gasteiger charge is 2.50. The molecule has 3 aromatic rings. The van der Waals surface area contributed by atoms with Crippen LogP contribution < -0.4 is 10.5 Å². The van der Waals surface area contributed by atoms with Crippen LogP contribution in [0.3, 0.4) is 0 Å². The zero-order valence-corrected chi connectivity index (χ0v) is 17.7. The van der Waals surface area contributed by atoms with E-state index in [1.165, 1.54) is 37.5 Å². The highest BCUT2D eigenvalue weighted by molar-refractivity contribution is 5.73. The molecule has 2 aromatic heterocycles. The van der Waals surface area contributed by atoms with Crippen molar-refractivity contribution in [3.63, 3.8) is 0 Å². The smallest absolute Gasteiger partial charge is 0.425 e. The third-order valence-electron chi connectivity index (χ3n) is 5.13. The lowest BCUT2D eigenvalue weighted by atomic mass is 9.84. The van der Waals surface area contributed by atoms with Gasteiger partial charge in [-0.1, -0.05) is 5.16 Å². The van der Waals surface area contributed by atoms with Crippen LogP contribution in [0.5, 0.6) is 5.75 Å². The number of alkyl halides is 3. The van der Waals surface area contributed by atoms with Crippen molar-refractivity contribution in [3.8, 4) is 28.6 Å². The minimum Gasteiger partial charge on any atom is -0.488 e. The summed E-state index contributed by atoms with van der Waals surface area (Å²) in [6, 6.07) is 4.66. The number of aliphatic hydroxyl groups excluding tert-OH is 1. The van der Waals surface area contributed by atoms with E-state index >= 15 is 0 Å². The van der Waals surface area contributed by atoms with Crippen molar-refractivity contribution in [2.24, 2.45) is 10.7 Å². The van der Waals surface area contributed by atoms with Crippen molar-refractivity contribution in [3.05, 3.63) is 48.0 Å². The number of rotatable bonds is 6. The predicted molar refractivity (Wildman–Crippen MR) is 110 cm³/mol. The standard InChI is InChI=1S/C21H19F4N5O4/c1-20(8-17(21(23,24)25)33-19(26)29-20)13-6-11(2-3-14(13)22)16-7-15(30-34-16)18-27-9-12(10-28-18)32-5-4-31/h2-3,6-7,9-10,17,31H,4-5,8H2,1H3,(H2,26,29)/t17-,20-/m0/s1. The number of hydrogen-bond donors (Lipinski definition) is 2. The van der Waals surface area contributed by atoms with Gasteiger partial charge in [0, 0.05) is 23.6 Å². The van der Waals surface area contributed by atoms with Gasteiger partial charge in [-0.3, -0.25) is 0 Å². The topological polar surface area (TPSA) is 129 Å². The first-order valence-electron chi connectivity index (χ1n) is 10.0. The molecule has 2 atom stereocenters. The third-order valence-corrected chi connectivity index (χ3v) is 5.13. The normalized spacial score (nSPS) is 20.5. The Hall–Kier alpha value is -3.74. The van der Waals surface area contributed by atoms with Gasteiger partial charge in [-0.25, -0.2) is 19.4 Å². The van der Waals surface area contributed by atoms with Gasteiger partial charge >= 0.3 is 6.18 Å². The van der Waals surface area contributed by atoms with Gasteiger partial charge in [-0.05, 0) is 25.1 Å². The second-order valence-corrected chi connectivity index (χ2v) is 7.66. The maximum Gasteiger partial charge on any atom is 0.425 e. The van der Waals surface area contributed by atoms with E-state index < -0.39 is 36.1 Å². The Bertz CT molecular complexity index is 1200. The molecule has 0 spiro atoms. The Kier molecular flexibility index (Phi) is 6.13. The molecule has 0 saturated heterocycles. The van der Waals surface area contributed by atoms with Gasteiger partial charge in [0.15, 0.2) is 29.1 Å². The Morgan fingerprint density at radius 2 is 1.97 bits per heavy atom. The molecule has 0 aliphatic carbocycles. The summed E-state index contributed by atoms with van der Waals surface area (Å²) < 4.78 is 69.7. The van der Waals surface area contributed by atoms with Gasteiger partial charge in [-0.2, -0.15) is 13.2 Å².